The fourth-order valence-electron chi connectivity index (χ4n) is 2.86. The Balaban J connectivity index is 0.00000261. The van der Waals surface area contributed by atoms with E-state index in [1.807, 2.05) is 12.1 Å². The minimum absolute atomic E-state index is 0. The lowest BCUT2D eigenvalue weighted by molar-refractivity contribution is 0.0762. The van der Waals surface area contributed by atoms with Gasteiger partial charge in [0.05, 0.1) is 18.4 Å². The van der Waals surface area contributed by atoms with E-state index < -0.39 is 0 Å². The summed E-state index contributed by atoms with van der Waals surface area (Å²) < 4.78 is 5.26. The summed E-state index contributed by atoms with van der Waals surface area (Å²) in [7, 11) is 1.56. The third kappa shape index (κ3) is 5.07. The molecule has 0 atom stereocenters. The van der Waals surface area contributed by atoms with Gasteiger partial charge in [0, 0.05) is 38.6 Å². The molecular formula is C18H22ClN5O3. The largest absolute Gasteiger partial charge is 0.495 e. The first-order chi connectivity index (χ1) is 12.7. The number of methoxy groups -OCH3 is 1. The van der Waals surface area contributed by atoms with Gasteiger partial charge in [0.1, 0.15) is 12.1 Å². The summed E-state index contributed by atoms with van der Waals surface area (Å²) in [5.74, 6) is 0.495. The van der Waals surface area contributed by atoms with E-state index in [4.69, 9.17) is 4.74 Å². The van der Waals surface area contributed by atoms with Crippen LogP contribution in [0.1, 0.15) is 16.8 Å². The summed E-state index contributed by atoms with van der Waals surface area (Å²) in [6.07, 6.45) is 5.11. The highest BCUT2D eigenvalue weighted by Gasteiger charge is 2.23. The molecule has 0 unspecified atom stereocenters. The molecule has 27 heavy (non-hydrogen) atoms. The quantitative estimate of drug-likeness (QED) is 0.867. The number of aromatic nitrogens is 2. The smallest absolute Gasteiger partial charge is 0.322 e. The Bertz CT molecular complexity index is 775. The maximum absolute atomic E-state index is 12.6. The summed E-state index contributed by atoms with van der Waals surface area (Å²) in [5, 5.41) is 2.87. The molecule has 3 rings (SSSR count). The van der Waals surface area contributed by atoms with Crippen LogP contribution in [0.2, 0.25) is 0 Å². The van der Waals surface area contributed by atoms with E-state index in [9.17, 15) is 9.59 Å². The van der Waals surface area contributed by atoms with Crippen molar-refractivity contribution in [2.45, 2.75) is 6.42 Å². The van der Waals surface area contributed by atoms with Crippen LogP contribution in [0.5, 0.6) is 5.75 Å². The molecule has 1 saturated heterocycles. The molecule has 2 heterocycles. The number of nitrogens with one attached hydrogen (secondary N) is 1. The number of ether oxygens (including phenoxy) is 1. The van der Waals surface area contributed by atoms with E-state index in [2.05, 4.69) is 15.3 Å². The molecular weight excluding hydrogens is 370 g/mol. The van der Waals surface area contributed by atoms with Gasteiger partial charge < -0.3 is 19.9 Å². The van der Waals surface area contributed by atoms with Crippen molar-refractivity contribution in [3.63, 3.8) is 0 Å². The minimum Gasteiger partial charge on any atom is -0.495 e. The summed E-state index contributed by atoms with van der Waals surface area (Å²) in [4.78, 5) is 36.3. The number of hydrogen-bond donors (Lipinski definition) is 1. The van der Waals surface area contributed by atoms with Gasteiger partial charge >= 0.3 is 6.03 Å². The molecule has 0 saturated carbocycles. The second kappa shape index (κ2) is 9.72. The van der Waals surface area contributed by atoms with E-state index in [1.165, 1.54) is 18.7 Å². The molecule has 2 aromatic rings. The molecule has 0 radical (unpaired) electrons. The van der Waals surface area contributed by atoms with Gasteiger partial charge in [-0.3, -0.25) is 4.79 Å². The third-order valence-electron chi connectivity index (χ3n) is 4.23. The summed E-state index contributed by atoms with van der Waals surface area (Å²) in [5.41, 5.74) is 1.08. The molecule has 1 aliphatic rings. The lowest BCUT2D eigenvalue weighted by Crippen LogP contribution is -2.39. The van der Waals surface area contributed by atoms with Crippen molar-refractivity contribution >= 4 is 30.0 Å². The Labute approximate surface area is 164 Å². The van der Waals surface area contributed by atoms with Crippen LogP contribution in [-0.2, 0) is 0 Å². The van der Waals surface area contributed by atoms with E-state index in [1.54, 1.807) is 29.0 Å². The number of urea groups is 1. The number of anilines is 1. The maximum Gasteiger partial charge on any atom is 0.322 e. The molecule has 0 bridgehead atoms. The van der Waals surface area contributed by atoms with Crippen molar-refractivity contribution in [1.82, 2.24) is 19.8 Å². The minimum atomic E-state index is -0.202. The molecule has 3 amide bonds. The molecule has 1 fully saturated rings. The average molecular weight is 392 g/mol. The summed E-state index contributed by atoms with van der Waals surface area (Å²) >= 11 is 0. The standard InChI is InChI=1S/C18H21N5O3.ClH/c1-26-16-6-3-2-5-15(16)21-18(25)23-8-4-7-22(9-10-23)17(24)14-11-19-13-20-12-14;/h2-3,5-6,11-13H,4,7-10H2,1H3,(H,21,25);1H. The van der Waals surface area contributed by atoms with Crippen molar-refractivity contribution in [3.05, 3.63) is 48.5 Å². The number of para-hydroxylation sites is 2. The first-order valence-corrected chi connectivity index (χ1v) is 8.42. The normalized spacial score (nSPS) is 14.0. The second-order valence-corrected chi connectivity index (χ2v) is 5.89. The van der Waals surface area contributed by atoms with Crippen LogP contribution in [0.25, 0.3) is 0 Å². The number of nitrogens with zero attached hydrogens (tertiary/aromatic N) is 4. The predicted molar refractivity (Wildman–Crippen MR) is 103 cm³/mol. The van der Waals surface area contributed by atoms with E-state index in [0.717, 1.165) is 0 Å². The highest BCUT2D eigenvalue weighted by atomic mass is 35.5. The lowest BCUT2D eigenvalue weighted by Gasteiger charge is -2.22. The van der Waals surface area contributed by atoms with E-state index >= 15 is 0 Å². The average Bonchev–Trinajstić information content (AvgIpc) is 2.95. The van der Waals surface area contributed by atoms with Crippen LogP contribution in [0.4, 0.5) is 10.5 Å². The summed E-state index contributed by atoms with van der Waals surface area (Å²) in [6.45, 7) is 2.09. The zero-order chi connectivity index (χ0) is 18.4. The van der Waals surface area contributed by atoms with Crippen molar-refractivity contribution < 1.29 is 14.3 Å². The molecule has 144 valence electrons. The number of carbonyl (C=O) groups excluding carboxylic acids is 2. The molecule has 1 N–H and O–H groups in total. The molecule has 0 spiro atoms. The van der Waals surface area contributed by atoms with Gasteiger partial charge in [-0.25, -0.2) is 14.8 Å². The Kier molecular flexibility index (Phi) is 7.36. The van der Waals surface area contributed by atoms with Crippen LogP contribution >= 0.6 is 12.4 Å². The first kappa shape index (κ1) is 20.4. The fraction of sp³-hybridized carbons (Fsp3) is 0.333. The number of carbonyl (C=O) groups is 2. The molecule has 9 heteroatoms. The zero-order valence-corrected chi connectivity index (χ0v) is 15.8. The Morgan fingerprint density at radius 3 is 2.44 bits per heavy atom. The first-order valence-electron chi connectivity index (χ1n) is 8.42. The van der Waals surface area contributed by atoms with Crippen molar-refractivity contribution in [1.29, 1.82) is 0 Å². The fourth-order valence-corrected chi connectivity index (χ4v) is 2.86. The van der Waals surface area contributed by atoms with E-state index in [0.29, 0.717) is 49.6 Å². The second-order valence-electron chi connectivity index (χ2n) is 5.89. The van der Waals surface area contributed by atoms with Gasteiger partial charge in [0.2, 0.25) is 0 Å². The van der Waals surface area contributed by atoms with Crippen molar-refractivity contribution in [3.8, 4) is 5.75 Å². The van der Waals surface area contributed by atoms with E-state index in [-0.39, 0.29) is 24.3 Å². The maximum atomic E-state index is 12.6. The number of rotatable bonds is 3. The van der Waals surface area contributed by atoms with Crippen molar-refractivity contribution in [2.24, 2.45) is 0 Å². The molecule has 1 aromatic heterocycles. The number of benzene rings is 1. The lowest BCUT2D eigenvalue weighted by atomic mass is 10.3. The Hall–Kier alpha value is -2.87. The topological polar surface area (TPSA) is 87.7 Å². The van der Waals surface area contributed by atoms with Gasteiger partial charge in [-0.1, -0.05) is 12.1 Å². The number of halogens is 1. The van der Waals surface area contributed by atoms with Gasteiger partial charge in [-0.2, -0.15) is 0 Å². The van der Waals surface area contributed by atoms with Gasteiger partial charge in [-0.15, -0.1) is 12.4 Å². The molecule has 1 aliphatic heterocycles. The monoisotopic (exact) mass is 391 g/mol. The molecule has 8 nitrogen and oxygen atoms in total. The van der Waals surface area contributed by atoms with Gasteiger partial charge in [0.15, 0.2) is 0 Å². The highest BCUT2D eigenvalue weighted by Crippen LogP contribution is 2.23. The van der Waals surface area contributed by atoms with Crippen LogP contribution < -0.4 is 10.1 Å². The van der Waals surface area contributed by atoms with Gasteiger partial charge in [-0.05, 0) is 18.6 Å². The number of hydrogen-bond acceptors (Lipinski definition) is 5. The van der Waals surface area contributed by atoms with Gasteiger partial charge in [0.25, 0.3) is 5.91 Å². The van der Waals surface area contributed by atoms with Crippen LogP contribution in [0.15, 0.2) is 43.0 Å². The number of amides is 3. The Morgan fingerprint density at radius 1 is 1.04 bits per heavy atom. The summed E-state index contributed by atoms with van der Waals surface area (Å²) in [6, 6.07) is 7.06. The molecule has 0 aliphatic carbocycles. The zero-order valence-electron chi connectivity index (χ0n) is 15.0. The van der Waals surface area contributed by atoms with Crippen LogP contribution in [0.3, 0.4) is 0 Å². The highest BCUT2D eigenvalue weighted by molar-refractivity contribution is 5.94. The van der Waals surface area contributed by atoms with Crippen molar-refractivity contribution in [2.75, 3.05) is 38.6 Å². The SMILES string of the molecule is COc1ccccc1NC(=O)N1CCCN(C(=O)c2cncnc2)CC1.Cl. The Morgan fingerprint density at radius 2 is 1.70 bits per heavy atom. The third-order valence-corrected chi connectivity index (χ3v) is 4.23. The molecule has 1 aromatic carbocycles. The predicted octanol–water partition coefficient (Wildman–Crippen LogP) is 2.29. The van der Waals surface area contributed by atoms with Crippen LogP contribution in [-0.4, -0.2) is 65.0 Å². The van der Waals surface area contributed by atoms with Crippen LogP contribution in [0, 0.1) is 0 Å².